The fourth-order valence-corrected chi connectivity index (χ4v) is 2.37. The van der Waals surface area contributed by atoms with Crippen LogP contribution in [0.3, 0.4) is 0 Å². The minimum absolute atomic E-state index is 0.185. The molecule has 1 aromatic heterocycles. The van der Waals surface area contributed by atoms with E-state index in [1.54, 1.807) is 5.38 Å². The fraction of sp³-hybridized carbons (Fsp3) is 0.583. The minimum Gasteiger partial charge on any atom is -0.480 e. The first-order chi connectivity index (χ1) is 8.93. The van der Waals surface area contributed by atoms with E-state index >= 15 is 0 Å². The van der Waals surface area contributed by atoms with Crippen molar-refractivity contribution < 1.29 is 14.7 Å². The Morgan fingerprint density at radius 1 is 1.53 bits per heavy atom. The van der Waals surface area contributed by atoms with E-state index in [0.717, 1.165) is 5.01 Å². The molecule has 1 heterocycles. The van der Waals surface area contributed by atoms with Crippen LogP contribution in [0.2, 0.25) is 0 Å². The number of nitrogens with one attached hydrogen (secondary N) is 1. The number of carbonyl (C=O) groups excluding carboxylic acids is 1. The van der Waals surface area contributed by atoms with Crippen molar-refractivity contribution in [1.29, 1.82) is 0 Å². The molecule has 0 radical (unpaired) electrons. The van der Waals surface area contributed by atoms with Gasteiger partial charge < -0.3 is 16.2 Å². The van der Waals surface area contributed by atoms with Gasteiger partial charge in [-0.3, -0.25) is 4.79 Å². The highest BCUT2D eigenvalue weighted by atomic mass is 32.1. The van der Waals surface area contributed by atoms with Crippen molar-refractivity contribution in [2.75, 3.05) is 6.54 Å². The maximum atomic E-state index is 11.9. The number of rotatable bonds is 7. The summed E-state index contributed by atoms with van der Waals surface area (Å²) in [6.07, 6.45) is 1.01. The van der Waals surface area contributed by atoms with Crippen molar-refractivity contribution in [3.63, 3.8) is 0 Å². The zero-order chi connectivity index (χ0) is 14.4. The van der Waals surface area contributed by atoms with E-state index in [9.17, 15) is 9.59 Å². The van der Waals surface area contributed by atoms with Crippen molar-refractivity contribution in [1.82, 2.24) is 10.3 Å². The Kier molecular flexibility index (Phi) is 5.91. The third-order valence-electron chi connectivity index (χ3n) is 2.45. The van der Waals surface area contributed by atoms with E-state index in [1.165, 1.54) is 11.3 Å². The molecule has 1 aromatic rings. The molecular formula is C12H19N3O3S. The summed E-state index contributed by atoms with van der Waals surface area (Å²) in [4.78, 5) is 27.1. The fourth-order valence-electron chi connectivity index (χ4n) is 1.58. The maximum absolute atomic E-state index is 11.9. The molecule has 0 spiro atoms. The first-order valence-corrected chi connectivity index (χ1v) is 7.00. The van der Waals surface area contributed by atoms with Gasteiger partial charge in [0, 0.05) is 11.8 Å². The molecule has 0 bridgehead atoms. The van der Waals surface area contributed by atoms with Crippen LogP contribution >= 0.6 is 11.3 Å². The number of carboxylic acids is 1. The van der Waals surface area contributed by atoms with Crippen LogP contribution in [-0.2, 0) is 11.2 Å². The van der Waals surface area contributed by atoms with Crippen molar-refractivity contribution in [2.24, 2.45) is 11.7 Å². The predicted octanol–water partition coefficient (Wildman–Crippen LogP) is 0.873. The Bertz CT molecular complexity index is 445. The number of aliphatic carboxylic acids is 1. The molecule has 0 fully saturated rings. The van der Waals surface area contributed by atoms with Crippen molar-refractivity contribution in [3.8, 4) is 0 Å². The van der Waals surface area contributed by atoms with E-state index in [1.807, 2.05) is 13.8 Å². The first-order valence-electron chi connectivity index (χ1n) is 6.12. The summed E-state index contributed by atoms with van der Waals surface area (Å²) in [6, 6.07) is -0.882. The second kappa shape index (κ2) is 7.20. The molecular weight excluding hydrogens is 266 g/mol. The summed E-state index contributed by atoms with van der Waals surface area (Å²) in [6.45, 7) is 4.29. The van der Waals surface area contributed by atoms with Crippen molar-refractivity contribution in [2.45, 2.75) is 32.7 Å². The van der Waals surface area contributed by atoms with Crippen molar-refractivity contribution >= 4 is 23.2 Å². The molecule has 0 saturated heterocycles. The summed E-state index contributed by atoms with van der Waals surface area (Å²) in [7, 11) is 0. The molecule has 0 aliphatic rings. The van der Waals surface area contributed by atoms with Crippen LogP contribution in [0, 0.1) is 5.92 Å². The maximum Gasteiger partial charge on any atom is 0.326 e. The van der Waals surface area contributed by atoms with Crippen LogP contribution < -0.4 is 11.1 Å². The third kappa shape index (κ3) is 4.96. The summed E-state index contributed by atoms with van der Waals surface area (Å²) < 4.78 is 0. The zero-order valence-corrected chi connectivity index (χ0v) is 11.9. The molecule has 106 valence electrons. The Morgan fingerprint density at radius 3 is 2.74 bits per heavy atom. The van der Waals surface area contributed by atoms with Gasteiger partial charge in [0.25, 0.3) is 5.91 Å². The molecule has 1 rings (SSSR count). The molecule has 0 aliphatic heterocycles. The lowest BCUT2D eigenvalue weighted by atomic mass is 10.0. The molecule has 6 nitrogen and oxygen atoms in total. The smallest absolute Gasteiger partial charge is 0.326 e. The Hall–Kier alpha value is -1.47. The van der Waals surface area contributed by atoms with Crippen LogP contribution in [0.15, 0.2) is 5.38 Å². The standard InChI is InChI=1S/C12H19N3O3S/c1-7(2)5-8(12(17)18)15-11(16)9-6-19-10(14-9)3-4-13/h6-8H,3-5,13H2,1-2H3,(H,15,16)(H,17,18)/t8-/m1/s1. The minimum atomic E-state index is -1.03. The van der Waals surface area contributed by atoms with Gasteiger partial charge in [-0.05, 0) is 18.9 Å². The number of nitrogens with zero attached hydrogens (tertiary/aromatic N) is 1. The van der Waals surface area contributed by atoms with Gasteiger partial charge in [0.05, 0.1) is 5.01 Å². The van der Waals surface area contributed by atoms with E-state index < -0.39 is 17.9 Å². The molecule has 4 N–H and O–H groups in total. The molecule has 0 aromatic carbocycles. The van der Waals surface area contributed by atoms with Crippen molar-refractivity contribution in [3.05, 3.63) is 16.1 Å². The van der Waals surface area contributed by atoms with E-state index in [2.05, 4.69) is 10.3 Å². The number of thiazole rings is 1. The third-order valence-corrected chi connectivity index (χ3v) is 3.36. The topological polar surface area (TPSA) is 105 Å². The highest BCUT2D eigenvalue weighted by Gasteiger charge is 2.22. The largest absolute Gasteiger partial charge is 0.480 e. The average Bonchev–Trinajstić information content (AvgIpc) is 2.76. The number of hydrogen-bond acceptors (Lipinski definition) is 5. The van der Waals surface area contributed by atoms with Crippen LogP contribution in [0.4, 0.5) is 0 Å². The zero-order valence-electron chi connectivity index (χ0n) is 11.0. The lowest BCUT2D eigenvalue weighted by molar-refractivity contribution is -0.139. The van der Waals surface area contributed by atoms with Gasteiger partial charge >= 0.3 is 5.97 Å². The van der Waals surface area contributed by atoms with Crippen LogP contribution in [-0.4, -0.2) is 34.6 Å². The number of carbonyl (C=O) groups is 2. The van der Waals surface area contributed by atoms with Gasteiger partial charge in [-0.15, -0.1) is 11.3 Å². The summed E-state index contributed by atoms with van der Waals surface area (Å²) in [5.74, 6) is -1.29. The quantitative estimate of drug-likeness (QED) is 0.689. The highest BCUT2D eigenvalue weighted by Crippen LogP contribution is 2.11. The SMILES string of the molecule is CC(C)C[C@@H](NC(=O)c1csc(CCN)n1)C(=O)O. The summed E-state index contributed by atoms with van der Waals surface area (Å²) in [5.41, 5.74) is 5.66. The molecule has 19 heavy (non-hydrogen) atoms. The predicted molar refractivity (Wildman–Crippen MR) is 73.2 cm³/mol. The first kappa shape index (κ1) is 15.6. The van der Waals surface area contributed by atoms with Gasteiger partial charge in [0.1, 0.15) is 11.7 Å². The number of hydrogen-bond donors (Lipinski definition) is 3. The Balaban J connectivity index is 2.67. The number of amides is 1. The normalized spacial score (nSPS) is 12.4. The average molecular weight is 285 g/mol. The molecule has 1 atom stereocenters. The van der Waals surface area contributed by atoms with Gasteiger partial charge in [0.15, 0.2) is 0 Å². The highest BCUT2D eigenvalue weighted by molar-refractivity contribution is 7.09. The second-order valence-corrected chi connectivity index (χ2v) is 5.60. The number of nitrogens with two attached hydrogens (primary N) is 1. The molecule has 0 aliphatic carbocycles. The van der Waals surface area contributed by atoms with Crippen LogP contribution in [0.5, 0.6) is 0 Å². The Labute approximate surface area is 116 Å². The number of carboxylic acid groups (broad SMARTS) is 1. The molecule has 7 heteroatoms. The second-order valence-electron chi connectivity index (χ2n) is 4.66. The number of aromatic nitrogens is 1. The van der Waals surface area contributed by atoms with E-state index in [-0.39, 0.29) is 11.6 Å². The van der Waals surface area contributed by atoms with E-state index in [4.69, 9.17) is 10.8 Å². The van der Waals surface area contributed by atoms with Gasteiger partial charge in [0.2, 0.25) is 0 Å². The molecule has 0 saturated carbocycles. The summed E-state index contributed by atoms with van der Waals surface area (Å²) in [5, 5.41) is 14.0. The Morgan fingerprint density at radius 2 is 2.21 bits per heavy atom. The van der Waals surface area contributed by atoms with Gasteiger partial charge in [-0.2, -0.15) is 0 Å². The van der Waals surface area contributed by atoms with Crippen LogP contribution in [0.1, 0.15) is 35.8 Å². The lowest BCUT2D eigenvalue weighted by Crippen LogP contribution is -2.41. The lowest BCUT2D eigenvalue weighted by Gasteiger charge is -2.15. The molecule has 0 unspecified atom stereocenters. The van der Waals surface area contributed by atoms with Gasteiger partial charge in [-0.25, -0.2) is 9.78 Å². The van der Waals surface area contributed by atoms with Crippen LogP contribution in [0.25, 0.3) is 0 Å². The van der Waals surface area contributed by atoms with E-state index in [0.29, 0.717) is 19.4 Å². The van der Waals surface area contributed by atoms with Gasteiger partial charge in [-0.1, -0.05) is 13.8 Å². The monoisotopic (exact) mass is 285 g/mol. The summed E-state index contributed by atoms with van der Waals surface area (Å²) >= 11 is 1.35. The molecule has 1 amide bonds.